The van der Waals surface area contributed by atoms with Gasteiger partial charge >= 0.3 is 0 Å². The van der Waals surface area contributed by atoms with Crippen LogP contribution in [0.25, 0.3) is 0 Å². The number of nitrogen functional groups attached to an aromatic ring is 1. The number of nitrogens with zero attached hydrogens (tertiary/aromatic N) is 1. The van der Waals surface area contributed by atoms with Crippen LogP contribution < -0.4 is 10.6 Å². The van der Waals surface area contributed by atoms with Gasteiger partial charge in [0.25, 0.3) is 0 Å². The Hall–Kier alpha value is -1.18. The summed E-state index contributed by atoms with van der Waals surface area (Å²) in [5.74, 6) is 0.937. The van der Waals surface area contributed by atoms with E-state index in [0.29, 0.717) is 0 Å². The Balaban J connectivity index is 1.84. The molecule has 1 aromatic rings. The first kappa shape index (κ1) is 10.0. The lowest BCUT2D eigenvalue weighted by molar-refractivity contribution is 0.316. The summed E-state index contributed by atoms with van der Waals surface area (Å²) in [7, 11) is 0. The van der Waals surface area contributed by atoms with Gasteiger partial charge in [-0.05, 0) is 49.3 Å². The summed E-state index contributed by atoms with van der Waals surface area (Å²) in [5.41, 5.74) is 9.82. The van der Waals surface area contributed by atoms with Crippen LogP contribution in [0.4, 0.5) is 11.4 Å². The zero-order chi connectivity index (χ0) is 11.0. The number of hydrogen-bond donors (Lipinski definition) is 1. The average Bonchev–Trinajstić information content (AvgIpc) is 2.24. The Kier molecular flexibility index (Phi) is 2.50. The van der Waals surface area contributed by atoms with Crippen LogP contribution in [0.5, 0.6) is 0 Å². The third kappa shape index (κ3) is 1.66. The Morgan fingerprint density at radius 1 is 1.25 bits per heavy atom. The number of rotatable bonds is 2. The van der Waals surface area contributed by atoms with Gasteiger partial charge in [0, 0.05) is 24.5 Å². The van der Waals surface area contributed by atoms with E-state index in [2.05, 4.69) is 17.0 Å². The minimum Gasteiger partial charge on any atom is -0.398 e. The fraction of sp³-hybridized carbons (Fsp3) is 0.571. The lowest BCUT2D eigenvalue weighted by atomic mass is 9.84. The van der Waals surface area contributed by atoms with Crippen molar-refractivity contribution in [2.75, 3.05) is 23.7 Å². The van der Waals surface area contributed by atoms with Crippen molar-refractivity contribution in [1.82, 2.24) is 0 Å². The predicted molar refractivity (Wildman–Crippen MR) is 68.7 cm³/mol. The van der Waals surface area contributed by atoms with Crippen molar-refractivity contribution in [3.63, 3.8) is 0 Å². The Bertz CT molecular complexity index is 382. The Morgan fingerprint density at radius 2 is 2.12 bits per heavy atom. The first-order valence-corrected chi connectivity index (χ1v) is 6.47. The summed E-state index contributed by atoms with van der Waals surface area (Å²) < 4.78 is 0. The lowest BCUT2D eigenvalue weighted by Crippen LogP contribution is -2.36. The molecule has 16 heavy (non-hydrogen) atoms. The third-order valence-electron chi connectivity index (χ3n) is 4.09. The molecule has 1 aliphatic carbocycles. The highest BCUT2D eigenvalue weighted by Gasteiger charge is 2.24. The first-order chi connectivity index (χ1) is 7.84. The van der Waals surface area contributed by atoms with Gasteiger partial charge in [0.15, 0.2) is 0 Å². The zero-order valence-corrected chi connectivity index (χ0v) is 9.78. The van der Waals surface area contributed by atoms with Crippen LogP contribution in [0.3, 0.4) is 0 Å². The molecule has 2 nitrogen and oxygen atoms in total. The van der Waals surface area contributed by atoms with Gasteiger partial charge in [-0.1, -0.05) is 12.5 Å². The summed E-state index contributed by atoms with van der Waals surface area (Å²) >= 11 is 0. The summed E-state index contributed by atoms with van der Waals surface area (Å²) in [4.78, 5) is 2.55. The molecule has 0 saturated heterocycles. The maximum absolute atomic E-state index is 6.05. The summed E-state index contributed by atoms with van der Waals surface area (Å²) in [6.07, 6.45) is 6.70. The van der Waals surface area contributed by atoms with E-state index in [9.17, 15) is 0 Å². The van der Waals surface area contributed by atoms with Crippen molar-refractivity contribution >= 4 is 11.4 Å². The lowest BCUT2D eigenvalue weighted by Gasteiger charge is -2.37. The van der Waals surface area contributed by atoms with Crippen molar-refractivity contribution in [2.45, 2.75) is 32.1 Å². The molecule has 1 aliphatic heterocycles. The van der Waals surface area contributed by atoms with E-state index in [4.69, 9.17) is 5.73 Å². The summed E-state index contributed by atoms with van der Waals surface area (Å²) in [6, 6.07) is 6.36. The van der Waals surface area contributed by atoms with Crippen molar-refractivity contribution in [1.29, 1.82) is 0 Å². The van der Waals surface area contributed by atoms with E-state index >= 15 is 0 Å². The van der Waals surface area contributed by atoms with Crippen LogP contribution in [0.1, 0.15) is 31.2 Å². The highest BCUT2D eigenvalue weighted by atomic mass is 15.1. The molecule has 0 aromatic heterocycles. The third-order valence-corrected chi connectivity index (χ3v) is 4.09. The van der Waals surface area contributed by atoms with Crippen LogP contribution >= 0.6 is 0 Å². The maximum atomic E-state index is 6.05. The second-order valence-electron chi connectivity index (χ2n) is 5.19. The number of hydrogen-bond acceptors (Lipinski definition) is 2. The Labute approximate surface area is 97.4 Å². The fourth-order valence-corrected chi connectivity index (χ4v) is 2.90. The number of benzene rings is 1. The van der Waals surface area contributed by atoms with Gasteiger partial charge in [-0.25, -0.2) is 0 Å². The second-order valence-corrected chi connectivity index (χ2v) is 5.19. The van der Waals surface area contributed by atoms with Gasteiger partial charge in [-0.2, -0.15) is 0 Å². The monoisotopic (exact) mass is 216 g/mol. The molecule has 2 N–H and O–H groups in total. The van der Waals surface area contributed by atoms with E-state index in [1.807, 2.05) is 6.07 Å². The van der Waals surface area contributed by atoms with Crippen LogP contribution in [0.15, 0.2) is 18.2 Å². The van der Waals surface area contributed by atoms with E-state index in [0.717, 1.165) is 18.0 Å². The van der Waals surface area contributed by atoms with Gasteiger partial charge < -0.3 is 10.6 Å². The molecule has 1 fully saturated rings. The Morgan fingerprint density at radius 3 is 2.88 bits per heavy atom. The SMILES string of the molecule is Nc1cccc2c1CCCN2CC1CCC1. The number of fused-ring (bicyclic) bond motifs is 1. The van der Waals surface area contributed by atoms with Gasteiger partial charge in [-0.3, -0.25) is 0 Å². The minimum atomic E-state index is 0.937. The molecule has 1 saturated carbocycles. The van der Waals surface area contributed by atoms with E-state index < -0.39 is 0 Å². The normalized spacial score (nSPS) is 20.4. The molecular formula is C14H20N2. The van der Waals surface area contributed by atoms with Crippen molar-refractivity contribution < 1.29 is 0 Å². The molecule has 0 amide bonds. The van der Waals surface area contributed by atoms with Crippen LogP contribution in [-0.2, 0) is 6.42 Å². The first-order valence-electron chi connectivity index (χ1n) is 6.47. The highest BCUT2D eigenvalue weighted by Crippen LogP contribution is 2.34. The van der Waals surface area contributed by atoms with Crippen LogP contribution in [0, 0.1) is 5.92 Å². The smallest absolute Gasteiger partial charge is 0.0419 e. The van der Waals surface area contributed by atoms with Gasteiger partial charge in [0.05, 0.1) is 0 Å². The molecule has 1 heterocycles. The van der Waals surface area contributed by atoms with Crippen molar-refractivity contribution in [3.05, 3.63) is 23.8 Å². The fourth-order valence-electron chi connectivity index (χ4n) is 2.90. The average molecular weight is 216 g/mol. The number of anilines is 2. The number of nitrogens with two attached hydrogens (primary N) is 1. The summed E-state index contributed by atoms with van der Waals surface area (Å²) in [6.45, 7) is 2.46. The molecule has 2 aliphatic rings. The molecule has 0 radical (unpaired) electrons. The largest absolute Gasteiger partial charge is 0.398 e. The van der Waals surface area contributed by atoms with E-state index in [1.54, 1.807) is 0 Å². The van der Waals surface area contributed by atoms with Gasteiger partial charge in [0.2, 0.25) is 0 Å². The second kappa shape index (κ2) is 4.00. The van der Waals surface area contributed by atoms with E-state index in [-0.39, 0.29) is 0 Å². The highest BCUT2D eigenvalue weighted by molar-refractivity contribution is 5.66. The van der Waals surface area contributed by atoms with Crippen LogP contribution in [0.2, 0.25) is 0 Å². The maximum Gasteiger partial charge on any atom is 0.0419 e. The minimum absolute atomic E-state index is 0.937. The molecular weight excluding hydrogens is 196 g/mol. The zero-order valence-electron chi connectivity index (χ0n) is 9.78. The van der Waals surface area contributed by atoms with Crippen molar-refractivity contribution in [3.8, 4) is 0 Å². The van der Waals surface area contributed by atoms with Gasteiger partial charge in [0.1, 0.15) is 0 Å². The quantitative estimate of drug-likeness (QED) is 0.770. The molecule has 2 heteroatoms. The molecule has 0 bridgehead atoms. The molecule has 0 spiro atoms. The van der Waals surface area contributed by atoms with Crippen LogP contribution in [-0.4, -0.2) is 13.1 Å². The molecule has 86 valence electrons. The molecule has 3 rings (SSSR count). The van der Waals surface area contributed by atoms with E-state index in [1.165, 1.54) is 50.0 Å². The molecule has 0 unspecified atom stereocenters. The standard InChI is InChI=1S/C14H20N2/c15-13-7-2-8-14-12(13)6-3-9-16(14)10-11-4-1-5-11/h2,7-8,11H,1,3-6,9-10,15H2. The molecule has 1 aromatic carbocycles. The predicted octanol–water partition coefficient (Wildman–Crippen LogP) is 2.82. The molecule has 0 atom stereocenters. The topological polar surface area (TPSA) is 29.3 Å². The summed E-state index contributed by atoms with van der Waals surface area (Å²) in [5, 5.41) is 0. The van der Waals surface area contributed by atoms with Crippen molar-refractivity contribution in [2.24, 2.45) is 5.92 Å². The van der Waals surface area contributed by atoms with Gasteiger partial charge in [-0.15, -0.1) is 0 Å².